The minimum atomic E-state index is 0.00569. The second-order valence-corrected chi connectivity index (χ2v) is 6.61. The largest absolute Gasteiger partial charge is 0.396 e. The molecule has 0 atom stereocenters. The molecule has 0 saturated heterocycles. The fourth-order valence-corrected chi connectivity index (χ4v) is 3.21. The summed E-state index contributed by atoms with van der Waals surface area (Å²) in [5, 5.41) is 8.96. The van der Waals surface area contributed by atoms with E-state index in [1.54, 1.807) is 12.1 Å². The van der Waals surface area contributed by atoms with Crippen molar-refractivity contribution in [3.05, 3.63) is 84.4 Å². The average molecular weight is 368 g/mol. The summed E-state index contributed by atoms with van der Waals surface area (Å²) in [7, 11) is 0. The highest BCUT2D eigenvalue weighted by atomic mass is 16.3. The van der Waals surface area contributed by atoms with E-state index >= 15 is 0 Å². The fraction of sp³-hybridized carbons (Fsp3) is 0.125. The van der Waals surface area contributed by atoms with Gasteiger partial charge >= 0.3 is 0 Å². The maximum atomic E-state index is 12.3. The van der Waals surface area contributed by atoms with Crippen molar-refractivity contribution in [3.8, 4) is 22.5 Å². The Morgan fingerprint density at radius 2 is 1.32 bits per heavy atom. The number of hydrogen-bond donors (Lipinski definition) is 1. The fourth-order valence-electron chi connectivity index (χ4n) is 3.21. The van der Waals surface area contributed by atoms with Crippen LogP contribution in [0.1, 0.15) is 23.2 Å². The number of aliphatic hydroxyl groups excluding tert-OH is 1. The minimum Gasteiger partial charge on any atom is -0.396 e. The van der Waals surface area contributed by atoms with Gasteiger partial charge < -0.3 is 5.11 Å². The predicted octanol–water partition coefficient (Wildman–Crippen LogP) is 4.92. The van der Waals surface area contributed by atoms with Gasteiger partial charge in [0.25, 0.3) is 0 Å². The number of carbonyl (C=O) groups is 1. The van der Waals surface area contributed by atoms with Gasteiger partial charge in [-0.25, -0.2) is 9.97 Å². The van der Waals surface area contributed by atoms with Gasteiger partial charge in [0, 0.05) is 29.7 Å². The van der Waals surface area contributed by atoms with Crippen LogP contribution in [0.4, 0.5) is 0 Å². The van der Waals surface area contributed by atoms with Crippen molar-refractivity contribution in [2.75, 3.05) is 6.61 Å². The Morgan fingerprint density at radius 3 is 1.89 bits per heavy atom. The Labute approximate surface area is 163 Å². The van der Waals surface area contributed by atoms with Crippen molar-refractivity contribution < 1.29 is 9.90 Å². The summed E-state index contributed by atoms with van der Waals surface area (Å²) >= 11 is 0. The first-order valence-corrected chi connectivity index (χ1v) is 9.33. The molecule has 1 heterocycles. The Kier molecular flexibility index (Phi) is 5.22. The molecule has 0 aliphatic carbocycles. The van der Waals surface area contributed by atoms with Crippen LogP contribution in [0.2, 0.25) is 0 Å². The first-order chi connectivity index (χ1) is 13.8. The molecule has 0 aliphatic rings. The normalized spacial score (nSPS) is 10.9. The summed E-state index contributed by atoms with van der Waals surface area (Å²) in [5.41, 5.74) is 5.62. The minimum absolute atomic E-state index is 0.00569. The van der Waals surface area contributed by atoms with Gasteiger partial charge in [-0.1, -0.05) is 60.7 Å². The van der Waals surface area contributed by atoms with Gasteiger partial charge in [-0.3, -0.25) is 4.79 Å². The molecule has 3 aromatic carbocycles. The topological polar surface area (TPSA) is 63.1 Å². The molecule has 0 saturated carbocycles. The van der Waals surface area contributed by atoms with Crippen LogP contribution in [0.15, 0.2) is 78.9 Å². The predicted molar refractivity (Wildman–Crippen MR) is 111 cm³/mol. The Balaban J connectivity index is 1.88. The Bertz CT molecular complexity index is 1110. The smallest absolute Gasteiger partial charge is 0.163 e. The van der Waals surface area contributed by atoms with Crippen LogP contribution in [0.5, 0.6) is 0 Å². The molecule has 1 N–H and O–H groups in total. The third kappa shape index (κ3) is 3.68. The van der Waals surface area contributed by atoms with Crippen molar-refractivity contribution in [1.82, 2.24) is 9.97 Å². The van der Waals surface area contributed by atoms with Crippen molar-refractivity contribution in [1.29, 1.82) is 0 Å². The molecule has 4 heteroatoms. The molecule has 0 bridgehead atoms. The van der Waals surface area contributed by atoms with E-state index in [0.717, 1.165) is 28.0 Å². The van der Waals surface area contributed by atoms with Crippen LogP contribution in [0, 0.1) is 0 Å². The van der Waals surface area contributed by atoms with E-state index in [4.69, 9.17) is 15.1 Å². The molecule has 4 nitrogen and oxygen atoms in total. The second kappa shape index (κ2) is 8.11. The quantitative estimate of drug-likeness (QED) is 0.491. The molecule has 0 aliphatic heterocycles. The van der Waals surface area contributed by atoms with Crippen LogP contribution < -0.4 is 0 Å². The van der Waals surface area contributed by atoms with E-state index in [1.807, 2.05) is 66.7 Å². The molecule has 0 amide bonds. The van der Waals surface area contributed by atoms with Gasteiger partial charge in [0.05, 0.1) is 22.4 Å². The van der Waals surface area contributed by atoms with Crippen molar-refractivity contribution >= 4 is 16.8 Å². The van der Waals surface area contributed by atoms with Gasteiger partial charge in [0.1, 0.15) is 0 Å². The summed E-state index contributed by atoms with van der Waals surface area (Å²) in [6, 6.07) is 25.4. The molecule has 0 radical (unpaired) electrons. The van der Waals surface area contributed by atoms with Gasteiger partial charge in [0.2, 0.25) is 0 Å². The lowest BCUT2D eigenvalue weighted by molar-refractivity contribution is 0.0971. The molecule has 0 fully saturated rings. The van der Waals surface area contributed by atoms with Crippen molar-refractivity contribution in [2.45, 2.75) is 12.8 Å². The van der Waals surface area contributed by atoms with Crippen LogP contribution >= 0.6 is 0 Å². The zero-order chi connectivity index (χ0) is 19.3. The van der Waals surface area contributed by atoms with Crippen molar-refractivity contribution in [3.63, 3.8) is 0 Å². The van der Waals surface area contributed by atoms with Crippen molar-refractivity contribution in [2.24, 2.45) is 0 Å². The van der Waals surface area contributed by atoms with E-state index in [9.17, 15) is 4.79 Å². The van der Waals surface area contributed by atoms with E-state index in [1.165, 1.54) is 0 Å². The lowest BCUT2D eigenvalue weighted by atomic mass is 10.0. The van der Waals surface area contributed by atoms with E-state index < -0.39 is 0 Å². The zero-order valence-electron chi connectivity index (χ0n) is 15.4. The third-order valence-corrected chi connectivity index (χ3v) is 4.64. The highest BCUT2D eigenvalue weighted by Gasteiger charge is 2.14. The second-order valence-electron chi connectivity index (χ2n) is 6.61. The maximum absolute atomic E-state index is 12.3. The molecule has 4 aromatic rings. The monoisotopic (exact) mass is 368 g/mol. The van der Waals surface area contributed by atoms with Gasteiger partial charge in [-0.15, -0.1) is 0 Å². The standard InChI is InChI=1S/C24H20N2O2/c27-15-7-12-22(28)19-13-14-20-21(16-19)26-24(18-10-5-2-6-11-18)23(25-20)17-8-3-1-4-9-17/h1-6,8-11,13-14,16,27H,7,12,15H2. The summed E-state index contributed by atoms with van der Waals surface area (Å²) in [5.74, 6) is 0.00569. The number of hydrogen-bond acceptors (Lipinski definition) is 4. The number of rotatable bonds is 6. The summed E-state index contributed by atoms with van der Waals surface area (Å²) < 4.78 is 0. The van der Waals surface area contributed by atoms with E-state index in [0.29, 0.717) is 23.9 Å². The molecule has 0 unspecified atom stereocenters. The van der Waals surface area contributed by atoms with E-state index in [2.05, 4.69) is 0 Å². The molecule has 0 spiro atoms. The molecular weight excluding hydrogens is 348 g/mol. The number of aliphatic hydroxyl groups is 1. The number of aromatic nitrogens is 2. The first kappa shape index (κ1) is 18.0. The van der Waals surface area contributed by atoms with E-state index in [-0.39, 0.29) is 12.4 Å². The van der Waals surface area contributed by atoms with Crippen LogP contribution in [-0.4, -0.2) is 27.5 Å². The molecule has 1 aromatic heterocycles. The number of carbonyl (C=O) groups excluding carboxylic acids is 1. The number of Topliss-reactive ketones (excluding diaryl/α,β-unsaturated/α-hetero) is 1. The molecular formula is C24H20N2O2. The number of fused-ring (bicyclic) bond motifs is 1. The highest BCUT2D eigenvalue weighted by molar-refractivity contribution is 5.99. The van der Waals surface area contributed by atoms with Gasteiger partial charge in [-0.05, 0) is 24.6 Å². The Morgan fingerprint density at radius 1 is 0.750 bits per heavy atom. The number of ketones is 1. The van der Waals surface area contributed by atoms with Crippen LogP contribution in [0.25, 0.3) is 33.5 Å². The summed E-state index contributed by atoms with van der Waals surface area (Å²) in [4.78, 5) is 22.1. The number of benzene rings is 3. The van der Waals surface area contributed by atoms with Crippen LogP contribution in [0.3, 0.4) is 0 Å². The lowest BCUT2D eigenvalue weighted by Crippen LogP contribution is -2.02. The van der Waals surface area contributed by atoms with Crippen LogP contribution in [-0.2, 0) is 0 Å². The molecule has 28 heavy (non-hydrogen) atoms. The third-order valence-electron chi connectivity index (χ3n) is 4.64. The molecule has 138 valence electrons. The zero-order valence-corrected chi connectivity index (χ0v) is 15.4. The van der Waals surface area contributed by atoms with Gasteiger partial charge in [-0.2, -0.15) is 0 Å². The van der Waals surface area contributed by atoms with Gasteiger partial charge in [0.15, 0.2) is 5.78 Å². The first-order valence-electron chi connectivity index (χ1n) is 9.33. The molecule has 4 rings (SSSR count). The average Bonchev–Trinajstić information content (AvgIpc) is 2.77. The highest BCUT2D eigenvalue weighted by Crippen LogP contribution is 2.31. The maximum Gasteiger partial charge on any atom is 0.163 e. The summed E-state index contributed by atoms with van der Waals surface area (Å²) in [6.07, 6.45) is 0.786. The number of nitrogens with zero attached hydrogens (tertiary/aromatic N) is 2. The Hall–Kier alpha value is -3.37. The SMILES string of the molecule is O=C(CCCO)c1ccc2nc(-c3ccccc3)c(-c3ccccc3)nc2c1. The summed E-state index contributed by atoms with van der Waals surface area (Å²) in [6.45, 7) is 0.0116. The lowest BCUT2D eigenvalue weighted by Gasteiger charge is -2.11.